The first kappa shape index (κ1) is 20.2. The lowest BCUT2D eigenvalue weighted by atomic mass is 10.2. The third kappa shape index (κ3) is 3.85. The van der Waals surface area contributed by atoms with Gasteiger partial charge in [-0.1, -0.05) is 19.1 Å². The largest absolute Gasteiger partial charge is 0.497 e. The zero-order valence-electron chi connectivity index (χ0n) is 17.1. The second-order valence-corrected chi connectivity index (χ2v) is 8.08. The number of nitrogens with zero attached hydrogens (tertiary/aromatic N) is 3. The summed E-state index contributed by atoms with van der Waals surface area (Å²) in [4.78, 5) is 29.8. The van der Waals surface area contributed by atoms with Crippen molar-refractivity contribution in [1.82, 2.24) is 15.6 Å². The van der Waals surface area contributed by atoms with Gasteiger partial charge in [0.15, 0.2) is 0 Å². The first-order valence-corrected chi connectivity index (χ1v) is 10.9. The van der Waals surface area contributed by atoms with Gasteiger partial charge in [-0.25, -0.2) is 0 Å². The molecule has 2 amide bonds. The van der Waals surface area contributed by atoms with Crippen LogP contribution in [-0.4, -0.2) is 42.5 Å². The summed E-state index contributed by atoms with van der Waals surface area (Å²) in [5.41, 5.74) is 4.92. The molecule has 2 aliphatic heterocycles. The van der Waals surface area contributed by atoms with Crippen molar-refractivity contribution < 1.29 is 14.3 Å². The molecule has 2 aliphatic rings. The fourth-order valence-corrected chi connectivity index (χ4v) is 4.53. The van der Waals surface area contributed by atoms with Crippen LogP contribution in [0.4, 0.5) is 5.69 Å². The SMILES string of the molecule is CCCN1C(=O)c2sccc2N2C(CCC(=O)NCc3cccc(OC)c3)=NNC12. The number of carbonyl (C=O) groups is 2. The number of thiophene rings is 1. The highest BCUT2D eigenvalue weighted by molar-refractivity contribution is 7.12. The van der Waals surface area contributed by atoms with E-state index in [1.807, 2.05) is 47.5 Å². The van der Waals surface area contributed by atoms with Crippen molar-refractivity contribution >= 4 is 34.7 Å². The monoisotopic (exact) mass is 427 g/mol. The average molecular weight is 428 g/mol. The summed E-state index contributed by atoms with van der Waals surface area (Å²) in [5, 5.41) is 9.31. The molecule has 0 fully saturated rings. The van der Waals surface area contributed by atoms with Crippen molar-refractivity contribution in [2.45, 2.75) is 39.0 Å². The molecule has 1 atom stereocenters. The molecule has 0 aliphatic carbocycles. The highest BCUT2D eigenvalue weighted by Crippen LogP contribution is 2.36. The van der Waals surface area contributed by atoms with Gasteiger partial charge in [-0.2, -0.15) is 5.10 Å². The van der Waals surface area contributed by atoms with Gasteiger partial charge in [0, 0.05) is 25.9 Å². The summed E-state index contributed by atoms with van der Waals surface area (Å²) in [7, 11) is 1.62. The number of hydrogen-bond acceptors (Lipinski definition) is 7. The van der Waals surface area contributed by atoms with E-state index in [-0.39, 0.29) is 18.1 Å². The van der Waals surface area contributed by atoms with Gasteiger partial charge in [-0.3, -0.25) is 24.8 Å². The number of hydrogen-bond donors (Lipinski definition) is 2. The molecule has 4 rings (SSSR count). The Bertz CT molecular complexity index is 973. The molecule has 1 unspecified atom stereocenters. The Morgan fingerprint density at radius 3 is 3.03 bits per heavy atom. The standard InChI is InChI=1S/C21H25N5O3S/c1-3-10-25-20(28)19-16(9-11-30-19)26-17(23-24-21(25)26)7-8-18(27)22-13-14-5-4-6-15(12-14)29-2/h4-6,9,11-12,21,24H,3,7-8,10,13H2,1-2H3,(H,22,27). The number of anilines is 1. The summed E-state index contributed by atoms with van der Waals surface area (Å²) in [6.07, 6.45) is 1.33. The van der Waals surface area contributed by atoms with Crippen LogP contribution >= 0.6 is 11.3 Å². The van der Waals surface area contributed by atoms with Gasteiger partial charge >= 0.3 is 0 Å². The summed E-state index contributed by atoms with van der Waals surface area (Å²) < 4.78 is 5.21. The van der Waals surface area contributed by atoms with E-state index in [0.29, 0.717) is 25.9 Å². The number of nitrogens with one attached hydrogen (secondary N) is 2. The minimum atomic E-state index is -0.325. The number of ether oxygens (including phenoxy) is 1. The van der Waals surface area contributed by atoms with Gasteiger partial charge in [0.25, 0.3) is 5.91 Å². The van der Waals surface area contributed by atoms with Crippen LogP contribution in [0.3, 0.4) is 0 Å². The smallest absolute Gasteiger partial charge is 0.269 e. The van der Waals surface area contributed by atoms with Crippen LogP contribution < -0.4 is 20.4 Å². The van der Waals surface area contributed by atoms with Crippen molar-refractivity contribution in [3.63, 3.8) is 0 Å². The van der Waals surface area contributed by atoms with E-state index in [4.69, 9.17) is 4.74 Å². The van der Waals surface area contributed by atoms with Gasteiger partial charge in [-0.15, -0.1) is 11.3 Å². The van der Waals surface area contributed by atoms with Crippen LogP contribution in [0.25, 0.3) is 0 Å². The molecule has 2 aromatic rings. The third-order valence-electron chi connectivity index (χ3n) is 5.15. The van der Waals surface area contributed by atoms with E-state index in [2.05, 4.69) is 15.8 Å². The number of fused-ring (bicyclic) bond motifs is 3. The molecule has 0 saturated heterocycles. The molecule has 0 saturated carbocycles. The second-order valence-electron chi connectivity index (χ2n) is 7.16. The van der Waals surface area contributed by atoms with Crippen molar-refractivity contribution in [2.75, 3.05) is 18.6 Å². The van der Waals surface area contributed by atoms with Crippen molar-refractivity contribution in [3.05, 3.63) is 46.2 Å². The number of amides is 2. The molecule has 8 nitrogen and oxygen atoms in total. The maximum atomic E-state index is 12.8. The predicted molar refractivity (Wildman–Crippen MR) is 117 cm³/mol. The number of hydrazone groups is 1. The van der Waals surface area contributed by atoms with Crippen LogP contribution in [-0.2, 0) is 11.3 Å². The number of amidine groups is 1. The Kier molecular flexibility index (Phi) is 5.89. The van der Waals surface area contributed by atoms with E-state index in [9.17, 15) is 9.59 Å². The molecule has 9 heteroatoms. The molecular weight excluding hydrogens is 402 g/mol. The van der Waals surface area contributed by atoms with E-state index in [0.717, 1.165) is 34.1 Å². The average Bonchev–Trinajstić information content (AvgIpc) is 3.41. The predicted octanol–water partition coefficient (Wildman–Crippen LogP) is 2.73. The first-order chi connectivity index (χ1) is 14.6. The van der Waals surface area contributed by atoms with Crippen LogP contribution in [0, 0.1) is 0 Å². The normalized spacial score (nSPS) is 17.2. The topological polar surface area (TPSA) is 86.3 Å². The summed E-state index contributed by atoms with van der Waals surface area (Å²) in [5.74, 6) is 1.52. The lowest BCUT2D eigenvalue weighted by molar-refractivity contribution is -0.121. The molecule has 0 radical (unpaired) electrons. The number of methoxy groups -OCH3 is 1. The third-order valence-corrected chi connectivity index (χ3v) is 6.04. The van der Waals surface area contributed by atoms with Gasteiger partial charge < -0.3 is 10.1 Å². The lowest BCUT2D eigenvalue weighted by Gasteiger charge is -2.39. The van der Waals surface area contributed by atoms with E-state index in [1.165, 1.54) is 11.3 Å². The van der Waals surface area contributed by atoms with Crippen molar-refractivity contribution in [3.8, 4) is 5.75 Å². The van der Waals surface area contributed by atoms with Gasteiger partial charge in [0.1, 0.15) is 16.5 Å². The minimum absolute atomic E-state index is 0.0306. The maximum Gasteiger partial charge on any atom is 0.269 e. The Hall–Kier alpha value is -3.07. The molecular formula is C21H25N5O3S. The lowest BCUT2D eigenvalue weighted by Crippen LogP contribution is -2.58. The Labute approximate surface area is 179 Å². The van der Waals surface area contributed by atoms with Crippen LogP contribution in [0.15, 0.2) is 40.8 Å². The zero-order chi connectivity index (χ0) is 21.1. The molecule has 30 heavy (non-hydrogen) atoms. The second kappa shape index (κ2) is 8.74. The molecule has 1 aromatic heterocycles. The van der Waals surface area contributed by atoms with Crippen LogP contribution in [0.2, 0.25) is 0 Å². The Morgan fingerprint density at radius 2 is 2.23 bits per heavy atom. The quantitative estimate of drug-likeness (QED) is 0.677. The molecule has 0 bridgehead atoms. The minimum Gasteiger partial charge on any atom is -0.497 e. The van der Waals surface area contributed by atoms with E-state index < -0.39 is 0 Å². The first-order valence-electron chi connectivity index (χ1n) is 10.0. The Balaban J connectivity index is 1.38. The van der Waals surface area contributed by atoms with Crippen molar-refractivity contribution in [1.29, 1.82) is 0 Å². The summed E-state index contributed by atoms with van der Waals surface area (Å²) in [6, 6.07) is 9.57. The van der Waals surface area contributed by atoms with Gasteiger partial charge in [0.05, 0.1) is 12.8 Å². The Morgan fingerprint density at radius 1 is 1.37 bits per heavy atom. The number of rotatable bonds is 8. The maximum absolute atomic E-state index is 12.8. The van der Waals surface area contributed by atoms with Gasteiger partial charge in [-0.05, 0) is 35.6 Å². The molecule has 158 valence electrons. The highest BCUT2D eigenvalue weighted by atomic mass is 32.1. The van der Waals surface area contributed by atoms with Gasteiger partial charge in [0.2, 0.25) is 12.2 Å². The van der Waals surface area contributed by atoms with Crippen LogP contribution in [0.1, 0.15) is 41.4 Å². The van der Waals surface area contributed by atoms with Crippen molar-refractivity contribution in [2.24, 2.45) is 5.10 Å². The molecule has 1 aromatic carbocycles. The molecule has 0 spiro atoms. The zero-order valence-corrected chi connectivity index (χ0v) is 17.9. The van der Waals surface area contributed by atoms with E-state index >= 15 is 0 Å². The molecule has 2 N–H and O–H groups in total. The highest BCUT2D eigenvalue weighted by Gasteiger charge is 2.43. The van der Waals surface area contributed by atoms with Crippen LogP contribution in [0.5, 0.6) is 5.75 Å². The number of carbonyl (C=O) groups excluding carboxylic acids is 2. The fraction of sp³-hybridized carbons (Fsp3) is 0.381. The summed E-state index contributed by atoms with van der Waals surface area (Å²) in [6.45, 7) is 3.14. The summed E-state index contributed by atoms with van der Waals surface area (Å²) >= 11 is 1.44. The number of benzene rings is 1. The van der Waals surface area contributed by atoms with E-state index in [1.54, 1.807) is 12.0 Å². The molecule has 3 heterocycles. The fourth-order valence-electron chi connectivity index (χ4n) is 3.70.